The van der Waals surface area contributed by atoms with E-state index in [1.807, 2.05) is 6.92 Å². The standard InChI is InChI=1S/C9H11NO2S/c1-2-5-3-6(9(12)13)8(11)4-7(5)10/h3-4,11H,2,10H2,1H3,(H,12,13). The Morgan fingerprint density at radius 2 is 2.23 bits per heavy atom. The first-order valence-corrected chi connectivity index (χ1v) is 4.35. The van der Waals surface area contributed by atoms with Crippen molar-refractivity contribution in [2.45, 2.75) is 13.3 Å². The third-order valence-electron chi connectivity index (χ3n) is 1.87. The van der Waals surface area contributed by atoms with Gasteiger partial charge in [0, 0.05) is 11.8 Å². The molecule has 1 aromatic carbocycles. The van der Waals surface area contributed by atoms with Gasteiger partial charge in [-0.3, -0.25) is 4.79 Å². The highest BCUT2D eigenvalue weighted by atomic mass is 32.1. The van der Waals surface area contributed by atoms with Crippen molar-refractivity contribution in [2.24, 2.45) is 0 Å². The van der Waals surface area contributed by atoms with Crippen LogP contribution in [-0.4, -0.2) is 10.2 Å². The van der Waals surface area contributed by atoms with Crippen LogP contribution in [0.1, 0.15) is 22.8 Å². The highest BCUT2D eigenvalue weighted by molar-refractivity contribution is 7.97. The van der Waals surface area contributed by atoms with Gasteiger partial charge in [0.2, 0.25) is 5.12 Å². The first-order chi connectivity index (χ1) is 6.06. The Kier molecular flexibility index (Phi) is 2.83. The van der Waals surface area contributed by atoms with Gasteiger partial charge in [-0.25, -0.2) is 0 Å². The van der Waals surface area contributed by atoms with Crippen molar-refractivity contribution in [3.8, 4) is 5.75 Å². The van der Waals surface area contributed by atoms with Gasteiger partial charge in [0.05, 0.1) is 5.56 Å². The normalized spacial score (nSPS) is 10.0. The van der Waals surface area contributed by atoms with Gasteiger partial charge in [-0.2, -0.15) is 0 Å². The van der Waals surface area contributed by atoms with E-state index in [4.69, 9.17) is 5.73 Å². The van der Waals surface area contributed by atoms with Crippen LogP contribution in [0, 0.1) is 0 Å². The molecule has 3 nitrogen and oxygen atoms in total. The predicted molar refractivity (Wildman–Crippen MR) is 55.2 cm³/mol. The zero-order chi connectivity index (χ0) is 10.0. The van der Waals surface area contributed by atoms with Crippen LogP contribution in [0.25, 0.3) is 0 Å². The summed E-state index contributed by atoms with van der Waals surface area (Å²) >= 11 is 3.64. The number of anilines is 1. The van der Waals surface area contributed by atoms with Crippen LogP contribution in [-0.2, 0) is 6.42 Å². The van der Waals surface area contributed by atoms with Crippen LogP contribution in [0.4, 0.5) is 5.69 Å². The number of carbonyl (C=O) groups is 1. The molecule has 0 aliphatic rings. The number of aryl methyl sites for hydroxylation is 1. The van der Waals surface area contributed by atoms with Crippen molar-refractivity contribution in [2.75, 3.05) is 5.73 Å². The summed E-state index contributed by atoms with van der Waals surface area (Å²) in [6, 6.07) is 2.95. The van der Waals surface area contributed by atoms with E-state index in [0.717, 1.165) is 12.0 Å². The summed E-state index contributed by atoms with van der Waals surface area (Å²) in [4.78, 5) is 10.9. The molecule has 1 rings (SSSR count). The molecule has 0 heterocycles. The van der Waals surface area contributed by atoms with Crippen LogP contribution in [0.15, 0.2) is 12.1 Å². The molecule has 3 N–H and O–H groups in total. The van der Waals surface area contributed by atoms with Gasteiger partial charge in [0.15, 0.2) is 0 Å². The number of nitrogens with two attached hydrogens (primary N) is 1. The molecule has 0 saturated carbocycles. The van der Waals surface area contributed by atoms with Gasteiger partial charge < -0.3 is 10.8 Å². The molecule has 0 saturated heterocycles. The van der Waals surface area contributed by atoms with E-state index in [-0.39, 0.29) is 11.3 Å². The molecule has 0 unspecified atom stereocenters. The highest BCUT2D eigenvalue weighted by Crippen LogP contribution is 2.25. The van der Waals surface area contributed by atoms with E-state index >= 15 is 0 Å². The summed E-state index contributed by atoms with van der Waals surface area (Å²) in [5, 5.41) is 8.88. The van der Waals surface area contributed by atoms with E-state index in [0.29, 0.717) is 5.69 Å². The molecular formula is C9H11NO2S. The minimum Gasteiger partial charge on any atom is -0.507 e. The first kappa shape index (κ1) is 9.92. The number of hydrogen-bond acceptors (Lipinski definition) is 3. The van der Waals surface area contributed by atoms with Crippen LogP contribution in [0.5, 0.6) is 5.75 Å². The van der Waals surface area contributed by atoms with Gasteiger partial charge in [-0.1, -0.05) is 6.92 Å². The Morgan fingerprint density at radius 1 is 1.62 bits per heavy atom. The SMILES string of the molecule is CCc1cc(C(=O)S)c(O)cc1N. The molecule has 0 fully saturated rings. The molecule has 0 aromatic heterocycles. The second-order valence-electron chi connectivity index (χ2n) is 2.73. The lowest BCUT2D eigenvalue weighted by Crippen LogP contribution is -1.97. The van der Waals surface area contributed by atoms with Crippen molar-refractivity contribution in [1.29, 1.82) is 0 Å². The van der Waals surface area contributed by atoms with Crippen molar-refractivity contribution >= 4 is 23.4 Å². The number of phenols is 1. The van der Waals surface area contributed by atoms with E-state index in [9.17, 15) is 9.90 Å². The first-order valence-electron chi connectivity index (χ1n) is 3.91. The lowest BCUT2D eigenvalue weighted by molar-refractivity contribution is 0.108. The van der Waals surface area contributed by atoms with Gasteiger partial charge >= 0.3 is 0 Å². The molecule has 0 amide bonds. The molecule has 0 bridgehead atoms. The average Bonchev–Trinajstić information content (AvgIpc) is 2.03. The average molecular weight is 197 g/mol. The fourth-order valence-corrected chi connectivity index (χ4v) is 1.31. The Morgan fingerprint density at radius 3 is 2.69 bits per heavy atom. The zero-order valence-corrected chi connectivity index (χ0v) is 8.14. The largest absolute Gasteiger partial charge is 0.507 e. The topological polar surface area (TPSA) is 63.3 Å². The van der Waals surface area contributed by atoms with Crippen LogP contribution < -0.4 is 5.73 Å². The van der Waals surface area contributed by atoms with Crippen molar-refractivity contribution < 1.29 is 9.90 Å². The van der Waals surface area contributed by atoms with Gasteiger partial charge in [-0.15, -0.1) is 12.6 Å². The van der Waals surface area contributed by atoms with E-state index in [1.165, 1.54) is 6.07 Å². The van der Waals surface area contributed by atoms with E-state index in [2.05, 4.69) is 12.6 Å². The van der Waals surface area contributed by atoms with E-state index in [1.54, 1.807) is 6.07 Å². The number of benzene rings is 1. The second kappa shape index (κ2) is 3.70. The summed E-state index contributed by atoms with van der Waals surface area (Å²) in [7, 11) is 0. The molecule has 0 aliphatic heterocycles. The molecule has 0 radical (unpaired) electrons. The Labute approximate surface area is 82.0 Å². The highest BCUT2D eigenvalue weighted by Gasteiger charge is 2.10. The van der Waals surface area contributed by atoms with Gasteiger partial charge in [-0.05, 0) is 18.1 Å². The maximum atomic E-state index is 10.9. The van der Waals surface area contributed by atoms with Crippen LogP contribution >= 0.6 is 12.6 Å². The number of thiol groups is 1. The Balaban J connectivity index is 3.30. The zero-order valence-electron chi connectivity index (χ0n) is 7.24. The van der Waals surface area contributed by atoms with Crippen LogP contribution in [0.3, 0.4) is 0 Å². The molecule has 0 atom stereocenters. The number of nitrogen functional groups attached to an aromatic ring is 1. The maximum absolute atomic E-state index is 10.9. The smallest absolute Gasteiger partial charge is 0.220 e. The fourth-order valence-electron chi connectivity index (χ4n) is 1.13. The van der Waals surface area contributed by atoms with Gasteiger partial charge in [0.25, 0.3) is 0 Å². The summed E-state index contributed by atoms with van der Waals surface area (Å²) in [6.07, 6.45) is 0.722. The van der Waals surface area contributed by atoms with Crippen molar-refractivity contribution in [3.05, 3.63) is 23.3 Å². The molecule has 0 aliphatic carbocycles. The molecule has 0 spiro atoms. The molecule has 1 aromatic rings. The Bertz CT molecular complexity index is 350. The van der Waals surface area contributed by atoms with Crippen molar-refractivity contribution in [1.82, 2.24) is 0 Å². The number of aromatic hydroxyl groups is 1. The number of rotatable bonds is 2. The molecular weight excluding hydrogens is 186 g/mol. The lowest BCUT2D eigenvalue weighted by Gasteiger charge is -2.06. The van der Waals surface area contributed by atoms with Crippen molar-refractivity contribution in [3.63, 3.8) is 0 Å². The van der Waals surface area contributed by atoms with Gasteiger partial charge in [0.1, 0.15) is 5.75 Å². The molecule has 13 heavy (non-hydrogen) atoms. The fraction of sp³-hybridized carbons (Fsp3) is 0.222. The third-order valence-corrected chi connectivity index (χ3v) is 2.11. The third kappa shape index (κ3) is 1.95. The lowest BCUT2D eigenvalue weighted by atomic mass is 10.1. The minimum atomic E-state index is -0.452. The summed E-state index contributed by atoms with van der Waals surface area (Å²) in [6.45, 7) is 1.93. The predicted octanol–water partition coefficient (Wildman–Crippen LogP) is 1.61. The second-order valence-corrected chi connectivity index (χ2v) is 3.13. The Hall–Kier alpha value is -1.16. The summed E-state index contributed by atoms with van der Waals surface area (Å²) in [5.41, 5.74) is 7.15. The molecule has 4 heteroatoms. The quantitative estimate of drug-likeness (QED) is 0.498. The number of carbonyl (C=O) groups excluding carboxylic acids is 1. The van der Waals surface area contributed by atoms with E-state index < -0.39 is 5.12 Å². The molecule has 70 valence electrons. The maximum Gasteiger partial charge on any atom is 0.220 e. The number of phenolic OH excluding ortho intramolecular Hbond substituents is 1. The summed E-state index contributed by atoms with van der Waals surface area (Å²) < 4.78 is 0. The monoisotopic (exact) mass is 197 g/mol. The van der Waals surface area contributed by atoms with Crippen LogP contribution in [0.2, 0.25) is 0 Å². The summed E-state index contributed by atoms with van der Waals surface area (Å²) in [5.74, 6) is -0.116. The minimum absolute atomic E-state index is 0.116. The number of hydrogen-bond donors (Lipinski definition) is 3.